The second kappa shape index (κ2) is 4.41. The van der Waals surface area contributed by atoms with E-state index in [0.29, 0.717) is 11.4 Å². The molecule has 0 aliphatic heterocycles. The van der Waals surface area contributed by atoms with Crippen LogP contribution in [0.15, 0.2) is 0 Å². The Bertz CT molecular complexity index is 337. The van der Waals surface area contributed by atoms with Crippen molar-refractivity contribution in [2.75, 3.05) is 11.9 Å². The number of hydrogen-bond acceptors (Lipinski definition) is 4. The minimum Gasteiger partial charge on any atom is -0.353 e. The Morgan fingerprint density at radius 2 is 1.80 bits per heavy atom. The van der Waals surface area contributed by atoms with E-state index in [-0.39, 0.29) is 12.5 Å². The van der Waals surface area contributed by atoms with Crippen LogP contribution in [0.3, 0.4) is 0 Å². The Balaban J connectivity index is 2.48. The maximum Gasteiger partial charge on any atom is 0.390 e. The molecule has 0 saturated carbocycles. The van der Waals surface area contributed by atoms with E-state index in [1.54, 1.807) is 13.8 Å². The highest BCUT2D eigenvalue weighted by atomic mass is 19.4. The summed E-state index contributed by atoms with van der Waals surface area (Å²) in [6, 6.07) is 0. The summed E-state index contributed by atoms with van der Waals surface area (Å²) in [6.45, 7) is 3.21. The summed E-state index contributed by atoms with van der Waals surface area (Å²) < 4.78 is 35.4. The fourth-order valence-corrected chi connectivity index (χ4v) is 0.848. The summed E-state index contributed by atoms with van der Waals surface area (Å²) in [7, 11) is 0. The first-order valence-corrected chi connectivity index (χ1v) is 4.37. The van der Waals surface area contributed by atoms with Crippen LogP contribution in [0.1, 0.15) is 17.8 Å². The lowest BCUT2D eigenvalue weighted by molar-refractivity contribution is -0.131. The third kappa shape index (κ3) is 4.09. The van der Waals surface area contributed by atoms with E-state index in [9.17, 15) is 13.2 Å². The molecule has 0 bridgehead atoms. The van der Waals surface area contributed by atoms with Crippen LogP contribution in [0.2, 0.25) is 0 Å². The van der Waals surface area contributed by atoms with Gasteiger partial charge >= 0.3 is 6.18 Å². The van der Waals surface area contributed by atoms with E-state index in [0.717, 1.165) is 0 Å². The van der Waals surface area contributed by atoms with Gasteiger partial charge in [0, 0.05) is 6.54 Å². The first-order valence-electron chi connectivity index (χ1n) is 4.37. The smallest absolute Gasteiger partial charge is 0.353 e. The molecular weight excluding hydrogens is 209 g/mol. The van der Waals surface area contributed by atoms with Crippen LogP contribution < -0.4 is 5.32 Å². The van der Waals surface area contributed by atoms with E-state index in [2.05, 4.69) is 20.5 Å². The topological polar surface area (TPSA) is 50.7 Å². The van der Waals surface area contributed by atoms with Crippen molar-refractivity contribution in [3.8, 4) is 0 Å². The normalized spacial score (nSPS) is 11.5. The monoisotopic (exact) mass is 220 g/mol. The highest BCUT2D eigenvalue weighted by molar-refractivity contribution is 5.24. The Morgan fingerprint density at radius 1 is 1.13 bits per heavy atom. The lowest BCUT2D eigenvalue weighted by Gasteiger charge is -2.07. The van der Waals surface area contributed by atoms with Gasteiger partial charge in [-0.1, -0.05) is 0 Å². The van der Waals surface area contributed by atoms with Gasteiger partial charge in [0.05, 0.1) is 17.8 Å². The van der Waals surface area contributed by atoms with Crippen LogP contribution in [0.25, 0.3) is 0 Å². The van der Waals surface area contributed by atoms with Crippen LogP contribution in [0.4, 0.5) is 19.1 Å². The number of rotatable bonds is 3. The summed E-state index contributed by atoms with van der Waals surface area (Å²) in [4.78, 5) is 3.94. The standard InChI is InChI=1S/C8H11F3N4/c1-5-6(2)14-15-7(13-5)12-4-3-8(9,10)11/h3-4H2,1-2H3,(H,12,13,15). The van der Waals surface area contributed by atoms with Crippen molar-refractivity contribution in [2.45, 2.75) is 26.4 Å². The summed E-state index contributed by atoms with van der Waals surface area (Å²) in [5.41, 5.74) is 1.32. The van der Waals surface area contributed by atoms with Crippen LogP contribution in [-0.4, -0.2) is 27.9 Å². The maximum atomic E-state index is 11.8. The molecule has 7 heteroatoms. The van der Waals surface area contributed by atoms with E-state index >= 15 is 0 Å². The molecule has 1 aromatic heterocycles. The van der Waals surface area contributed by atoms with Crippen molar-refractivity contribution < 1.29 is 13.2 Å². The number of alkyl halides is 3. The molecule has 0 radical (unpaired) electrons. The third-order valence-electron chi connectivity index (χ3n) is 1.78. The van der Waals surface area contributed by atoms with Gasteiger partial charge in [-0.05, 0) is 13.8 Å². The average molecular weight is 220 g/mol. The van der Waals surface area contributed by atoms with Gasteiger partial charge < -0.3 is 5.32 Å². The number of nitrogens with zero attached hydrogens (tertiary/aromatic N) is 3. The molecule has 0 saturated heterocycles. The molecule has 0 aliphatic rings. The first kappa shape index (κ1) is 11.7. The molecule has 0 fully saturated rings. The number of anilines is 1. The molecule has 1 rings (SSSR count). The van der Waals surface area contributed by atoms with Gasteiger partial charge in [-0.2, -0.15) is 18.3 Å². The molecule has 0 amide bonds. The average Bonchev–Trinajstić information content (AvgIpc) is 2.09. The van der Waals surface area contributed by atoms with Crippen LogP contribution in [0, 0.1) is 13.8 Å². The predicted octanol–water partition coefficient (Wildman–Crippen LogP) is 1.85. The highest BCUT2D eigenvalue weighted by Gasteiger charge is 2.26. The van der Waals surface area contributed by atoms with E-state index in [4.69, 9.17) is 0 Å². The second-order valence-corrected chi connectivity index (χ2v) is 3.10. The predicted molar refractivity (Wildman–Crippen MR) is 48.5 cm³/mol. The minimum absolute atomic E-state index is 0.127. The molecule has 1 heterocycles. The molecular formula is C8H11F3N4. The highest BCUT2D eigenvalue weighted by Crippen LogP contribution is 2.18. The van der Waals surface area contributed by atoms with Crippen LogP contribution in [-0.2, 0) is 0 Å². The van der Waals surface area contributed by atoms with Gasteiger partial charge in [-0.25, -0.2) is 4.98 Å². The van der Waals surface area contributed by atoms with Crippen molar-refractivity contribution in [3.05, 3.63) is 11.4 Å². The van der Waals surface area contributed by atoms with Crippen LogP contribution in [0.5, 0.6) is 0 Å². The molecule has 0 aromatic carbocycles. The van der Waals surface area contributed by atoms with Crippen molar-refractivity contribution in [2.24, 2.45) is 0 Å². The third-order valence-corrected chi connectivity index (χ3v) is 1.78. The Morgan fingerprint density at radius 3 is 2.33 bits per heavy atom. The number of hydrogen-bond donors (Lipinski definition) is 1. The summed E-state index contributed by atoms with van der Waals surface area (Å²) >= 11 is 0. The lowest BCUT2D eigenvalue weighted by Crippen LogP contribution is -2.16. The molecule has 15 heavy (non-hydrogen) atoms. The fraction of sp³-hybridized carbons (Fsp3) is 0.625. The Labute approximate surface area is 84.9 Å². The van der Waals surface area contributed by atoms with Crippen LogP contribution >= 0.6 is 0 Å². The molecule has 0 aliphatic carbocycles. The van der Waals surface area contributed by atoms with Gasteiger partial charge in [-0.15, -0.1) is 5.10 Å². The number of aromatic nitrogens is 3. The molecule has 0 spiro atoms. The first-order chi connectivity index (χ1) is 6.88. The maximum absolute atomic E-state index is 11.8. The van der Waals surface area contributed by atoms with Crippen molar-refractivity contribution in [1.29, 1.82) is 0 Å². The summed E-state index contributed by atoms with van der Waals surface area (Å²) in [5.74, 6) is 0.127. The van der Waals surface area contributed by atoms with Gasteiger partial charge in [0.25, 0.3) is 0 Å². The Kier molecular flexibility index (Phi) is 3.43. The van der Waals surface area contributed by atoms with Crippen molar-refractivity contribution in [1.82, 2.24) is 15.2 Å². The molecule has 84 valence electrons. The molecule has 0 atom stereocenters. The largest absolute Gasteiger partial charge is 0.390 e. The molecule has 1 aromatic rings. The minimum atomic E-state index is -4.17. The number of aryl methyl sites for hydroxylation is 2. The lowest BCUT2D eigenvalue weighted by atomic mass is 10.4. The number of nitrogens with one attached hydrogen (secondary N) is 1. The SMILES string of the molecule is Cc1nnc(NCCC(F)(F)F)nc1C. The van der Waals surface area contributed by atoms with Crippen molar-refractivity contribution in [3.63, 3.8) is 0 Å². The zero-order valence-electron chi connectivity index (χ0n) is 8.39. The molecule has 4 nitrogen and oxygen atoms in total. The summed E-state index contributed by atoms with van der Waals surface area (Å²) in [5, 5.41) is 9.82. The fourth-order valence-electron chi connectivity index (χ4n) is 0.848. The second-order valence-electron chi connectivity index (χ2n) is 3.10. The summed E-state index contributed by atoms with van der Waals surface area (Å²) in [6.07, 6.45) is -5.08. The van der Waals surface area contributed by atoms with Gasteiger partial charge in [0.2, 0.25) is 5.95 Å². The quantitative estimate of drug-likeness (QED) is 0.844. The number of halogens is 3. The van der Waals surface area contributed by atoms with Gasteiger partial charge in [0.1, 0.15) is 0 Å². The van der Waals surface area contributed by atoms with Gasteiger partial charge in [0.15, 0.2) is 0 Å². The zero-order chi connectivity index (χ0) is 11.5. The van der Waals surface area contributed by atoms with E-state index in [1.807, 2.05) is 0 Å². The molecule has 1 N–H and O–H groups in total. The zero-order valence-corrected chi connectivity index (χ0v) is 8.39. The Hall–Kier alpha value is -1.40. The van der Waals surface area contributed by atoms with Crippen molar-refractivity contribution >= 4 is 5.95 Å². The van der Waals surface area contributed by atoms with E-state index in [1.165, 1.54) is 0 Å². The van der Waals surface area contributed by atoms with E-state index < -0.39 is 12.6 Å². The van der Waals surface area contributed by atoms with Gasteiger partial charge in [-0.3, -0.25) is 0 Å². The molecule has 0 unspecified atom stereocenters.